The number of likely N-dealkylation sites (N-methyl/N-ethyl adjacent to an activating group) is 2. The molecule has 0 spiro atoms. The fourth-order valence-electron chi connectivity index (χ4n) is 4.16. The molecule has 0 aromatic heterocycles. The molecule has 32 heavy (non-hydrogen) atoms. The third kappa shape index (κ3) is 6.04. The van der Waals surface area contributed by atoms with Crippen molar-refractivity contribution in [2.75, 3.05) is 26.2 Å². The fraction of sp³-hybridized carbons (Fsp3) is 0.500. The van der Waals surface area contributed by atoms with Crippen molar-refractivity contribution in [3.05, 3.63) is 70.8 Å². The van der Waals surface area contributed by atoms with Crippen LogP contribution in [-0.2, 0) is 12.4 Å². The van der Waals surface area contributed by atoms with Crippen molar-refractivity contribution >= 4 is 0 Å². The molecule has 0 radical (unpaired) electrons. The number of hydrogen-bond acceptors (Lipinski definition) is 2. The molecule has 0 heterocycles. The van der Waals surface area contributed by atoms with E-state index in [2.05, 4.69) is 9.80 Å². The number of halogens is 6. The molecular formula is C24H30F6N2. The maximum atomic E-state index is 13.1. The van der Waals surface area contributed by atoms with E-state index in [1.165, 1.54) is 24.3 Å². The predicted octanol–water partition coefficient (Wildman–Crippen LogP) is 7.19. The van der Waals surface area contributed by atoms with E-state index in [0.29, 0.717) is 37.3 Å². The third-order valence-corrected chi connectivity index (χ3v) is 5.87. The van der Waals surface area contributed by atoms with E-state index in [-0.39, 0.29) is 12.1 Å². The summed E-state index contributed by atoms with van der Waals surface area (Å²) in [6.45, 7) is 10.4. The number of nitrogens with zero attached hydrogens (tertiary/aromatic N) is 2. The minimum absolute atomic E-state index is 0.330. The standard InChI is InChI=1S/C24H30F6N2/c1-5-31(6-2)21(17-9-13-19(14-10-17)23(25,26)27)22(32(7-3)8-4)18-11-15-20(16-12-18)24(28,29)30/h9-16,21-22H,5-8H2,1-4H3/t21-,22+. The molecule has 0 N–H and O–H groups in total. The van der Waals surface area contributed by atoms with Gasteiger partial charge in [-0.25, -0.2) is 0 Å². The molecule has 0 aliphatic carbocycles. The second-order valence-electron chi connectivity index (χ2n) is 7.57. The predicted molar refractivity (Wildman–Crippen MR) is 114 cm³/mol. The first kappa shape index (κ1) is 26.2. The first-order valence-electron chi connectivity index (χ1n) is 10.8. The first-order chi connectivity index (χ1) is 15.0. The van der Waals surface area contributed by atoms with Gasteiger partial charge in [0.25, 0.3) is 0 Å². The van der Waals surface area contributed by atoms with Gasteiger partial charge in [0.2, 0.25) is 0 Å². The van der Waals surface area contributed by atoms with Crippen LogP contribution in [0.2, 0.25) is 0 Å². The highest BCUT2D eigenvalue weighted by atomic mass is 19.4. The van der Waals surface area contributed by atoms with Gasteiger partial charge in [-0.15, -0.1) is 0 Å². The van der Waals surface area contributed by atoms with E-state index in [1.54, 1.807) is 0 Å². The van der Waals surface area contributed by atoms with E-state index in [9.17, 15) is 26.3 Å². The molecule has 8 heteroatoms. The summed E-state index contributed by atoms with van der Waals surface area (Å²) >= 11 is 0. The van der Waals surface area contributed by atoms with Gasteiger partial charge >= 0.3 is 12.4 Å². The van der Waals surface area contributed by atoms with Crippen LogP contribution in [0.4, 0.5) is 26.3 Å². The Bertz CT molecular complexity index is 748. The summed E-state index contributed by atoms with van der Waals surface area (Å²) in [5, 5.41) is 0. The lowest BCUT2D eigenvalue weighted by Gasteiger charge is -2.42. The molecule has 0 aliphatic heterocycles. The van der Waals surface area contributed by atoms with Crippen LogP contribution in [0.3, 0.4) is 0 Å². The fourth-order valence-corrected chi connectivity index (χ4v) is 4.16. The van der Waals surface area contributed by atoms with E-state index in [0.717, 1.165) is 24.3 Å². The average Bonchev–Trinajstić information content (AvgIpc) is 2.75. The zero-order chi connectivity index (χ0) is 24.1. The Morgan fingerprint density at radius 3 is 0.969 bits per heavy atom. The molecule has 0 bridgehead atoms. The van der Waals surface area contributed by atoms with Crippen LogP contribution in [0.15, 0.2) is 48.5 Å². The van der Waals surface area contributed by atoms with Gasteiger partial charge in [0.05, 0.1) is 23.2 Å². The van der Waals surface area contributed by atoms with Crippen LogP contribution >= 0.6 is 0 Å². The van der Waals surface area contributed by atoms with Crippen LogP contribution in [0.1, 0.15) is 62.0 Å². The van der Waals surface area contributed by atoms with Gasteiger partial charge < -0.3 is 0 Å². The van der Waals surface area contributed by atoms with Crippen molar-refractivity contribution in [2.45, 2.75) is 52.1 Å². The van der Waals surface area contributed by atoms with Gasteiger partial charge in [-0.3, -0.25) is 9.80 Å². The summed E-state index contributed by atoms with van der Waals surface area (Å²) < 4.78 is 78.6. The highest BCUT2D eigenvalue weighted by molar-refractivity contribution is 5.33. The number of alkyl halides is 6. The molecule has 178 valence electrons. The van der Waals surface area contributed by atoms with Crippen molar-refractivity contribution in [1.29, 1.82) is 0 Å². The van der Waals surface area contributed by atoms with Crippen molar-refractivity contribution < 1.29 is 26.3 Å². The van der Waals surface area contributed by atoms with E-state index in [4.69, 9.17) is 0 Å². The Hall–Kier alpha value is -2.06. The quantitative estimate of drug-likeness (QED) is 0.366. The monoisotopic (exact) mass is 460 g/mol. The molecule has 0 amide bonds. The largest absolute Gasteiger partial charge is 0.416 e. The van der Waals surface area contributed by atoms with E-state index < -0.39 is 23.5 Å². The maximum absolute atomic E-state index is 13.1. The van der Waals surface area contributed by atoms with Gasteiger partial charge in [-0.05, 0) is 61.6 Å². The molecule has 2 aromatic carbocycles. The number of rotatable bonds is 9. The van der Waals surface area contributed by atoms with Gasteiger partial charge in [-0.2, -0.15) is 26.3 Å². The first-order valence-corrected chi connectivity index (χ1v) is 10.8. The van der Waals surface area contributed by atoms with E-state index in [1.807, 2.05) is 27.7 Å². The molecule has 0 fully saturated rings. The molecule has 0 unspecified atom stereocenters. The van der Waals surface area contributed by atoms with Gasteiger partial charge in [0.15, 0.2) is 0 Å². The van der Waals surface area contributed by atoms with Crippen molar-refractivity contribution in [1.82, 2.24) is 9.80 Å². The lowest BCUT2D eigenvalue weighted by molar-refractivity contribution is -0.138. The Kier molecular flexibility index (Phi) is 8.76. The zero-order valence-electron chi connectivity index (χ0n) is 18.8. The van der Waals surface area contributed by atoms with Crippen molar-refractivity contribution in [3.8, 4) is 0 Å². The third-order valence-electron chi connectivity index (χ3n) is 5.87. The zero-order valence-corrected chi connectivity index (χ0v) is 18.8. The molecule has 2 nitrogen and oxygen atoms in total. The molecule has 2 atom stereocenters. The second-order valence-corrected chi connectivity index (χ2v) is 7.57. The molecule has 0 aliphatic rings. The van der Waals surface area contributed by atoms with Crippen molar-refractivity contribution in [3.63, 3.8) is 0 Å². The second kappa shape index (κ2) is 10.7. The summed E-state index contributed by atoms with van der Waals surface area (Å²) in [6.07, 6.45) is -8.87. The highest BCUT2D eigenvalue weighted by Crippen LogP contribution is 2.40. The summed E-state index contributed by atoms with van der Waals surface area (Å²) in [6, 6.07) is 9.52. The van der Waals surface area contributed by atoms with E-state index >= 15 is 0 Å². The molecule has 2 aromatic rings. The SMILES string of the molecule is CCN(CC)[C@H](c1ccc(C(F)(F)F)cc1)[C@H](c1ccc(C(F)(F)F)cc1)N(CC)CC. The number of hydrogen-bond donors (Lipinski definition) is 0. The minimum Gasteiger partial charge on any atom is -0.295 e. The van der Waals surface area contributed by atoms with Crippen LogP contribution in [0.25, 0.3) is 0 Å². The average molecular weight is 461 g/mol. The van der Waals surface area contributed by atoms with Crippen LogP contribution < -0.4 is 0 Å². The summed E-state index contributed by atoms with van der Waals surface area (Å²) in [5.41, 5.74) is -0.0704. The lowest BCUT2D eigenvalue weighted by Crippen LogP contribution is -2.41. The molecule has 0 saturated heterocycles. The van der Waals surface area contributed by atoms with Gasteiger partial charge in [0, 0.05) is 0 Å². The molecular weight excluding hydrogens is 430 g/mol. The summed E-state index contributed by atoms with van der Waals surface area (Å²) in [5.74, 6) is 0. The normalized spacial score (nSPS) is 14.8. The van der Waals surface area contributed by atoms with Gasteiger partial charge in [0.1, 0.15) is 0 Å². The highest BCUT2D eigenvalue weighted by Gasteiger charge is 2.35. The van der Waals surface area contributed by atoms with Crippen LogP contribution in [0, 0.1) is 0 Å². The minimum atomic E-state index is -4.44. The Morgan fingerprint density at radius 1 is 0.531 bits per heavy atom. The van der Waals surface area contributed by atoms with Crippen molar-refractivity contribution in [2.24, 2.45) is 0 Å². The lowest BCUT2D eigenvalue weighted by atomic mass is 9.89. The summed E-state index contributed by atoms with van der Waals surface area (Å²) in [7, 11) is 0. The maximum Gasteiger partial charge on any atom is 0.416 e. The Labute approximate surface area is 185 Å². The molecule has 2 rings (SSSR count). The van der Waals surface area contributed by atoms with Crippen LogP contribution in [0.5, 0.6) is 0 Å². The number of benzene rings is 2. The van der Waals surface area contributed by atoms with Gasteiger partial charge in [-0.1, -0.05) is 52.0 Å². The smallest absolute Gasteiger partial charge is 0.295 e. The topological polar surface area (TPSA) is 6.48 Å². The van der Waals surface area contributed by atoms with Crippen LogP contribution in [-0.4, -0.2) is 36.0 Å². The Balaban J connectivity index is 2.62. The summed E-state index contributed by atoms with van der Waals surface area (Å²) in [4.78, 5) is 4.26. The Morgan fingerprint density at radius 2 is 0.781 bits per heavy atom. The molecule has 0 saturated carbocycles.